The number of carbonyl (C=O) groups excluding carboxylic acids is 1. The van der Waals surface area contributed by atoms with Crippen LogP contribution in [0.3, 0.4) is 0 Å². The van der Waals surface area contributed by atoms with E-state index in [0.717, 1.165) is 54.7 Å². The van der Waals surface area contributed by atoms with E-state index in [4.69, 9.17) is 4.98 Å². The van der Waals surface area contributed by atoms with Gasteiger partial charge in [0.1, 0.15) is 11.6 Å². The molecule has 28 heavy (non-hydrogen) atoms. The van der Waals surface area contributed by atoms with Crippen LogP contribution in [0.4, 0.5) is 4.39 Å². The summed E-state index contributed by atoms with van der Waals surface area (Å²) in [5.41, 5.74) is 2.37. The number of carbonyl (C=O) groups is 1. The van der Waals surface area contributed by atoms with Gasteiger partial charge in [-0.15, -0.1) is 0 Å². The maximum atomic E-state index is 14.3. The molecule has 2 fully saturated rings. The van der Waals surface area contributed by atoms with Gasteiger partial charge in [0.2, 0.25) is 0 Å². The monoisotopic (exact) mass is 381 g/mol. The Morgan fingerprint density at radius 1 is 1.32 bits per heavy atom. The second-order valence-electron chi connectivity index (χ2n) is 8.65. The first-order valence-corrected chi connectivity index (χ1v) is 10.2. The van der Waals surface area contributed by atoms with Gasteiger partial charge in [-0.3, -0.25) is 9.59 Å². The number of fused-ring (bicyclic) bond motifs is 2. The van der Waals surface area contributed by atoms with Crippen LogP contribution >= 0.6 is 0 Å². The molecule has 2 aromatic rings. The molecular weight excluding hydrogens is 357 g/mol. The standard InChI is InChI=1S/C22H24FN3O2/c1-13-3-6-17(23)16(11-13)21(28)26-10-2-8-22(12-26)9-7-15-18(22)24-19(14-4-5-14)25-20(15)27/h3,6,11,14H,2,4-5,7-10,12H2,1H3,(H,24,25,27). The second-order valence-corrected chi connectivity index (χ2v) is 8.65. The minimum absolute atomic E-state index is 0.0167. The molecular formula is C22H24FN3O2. The average molecular weight is 381 g/mol. The van der Waals surface area contributed by atoms with Gasteiger partial charge < -0.3 is 9.88 Å². The van der Waals surface area contributed by atoms with Gasteiger partial charge in [-0.05, 0) is 57.6 Å². The third-order valence-electron chi connectivity index (χ3n) is 6.57. The number of halogens is 1. The molecule has 2 aliphatic carbocycles. The van der Waals surface area contributed by atoms with Crippen LogP contribution in [0.25, 0.3) is 0 Å². The van der Waals surface area contributed by atoms with E-state index in [-0.39, 0.29) is 22.4 Å². The Morgan fingerprint density at radius 2 is 2.14 bits per heavy atom. The van der Waals surface area contributed by atoms with Crippen LogP contribution in [0, 0.1) is 12.7 Å². The normalized spacial score (nSPS) is 23.9. The van der Waals surface area contributed by atoms with Crippen molar-refractivity contribution in [3.8, 4) is 0 Å². The van der Waals surface area contributed by atoms with Crippen LogP contribution < -0.4 is 5.56 Å². The van der Waals surface area contributed by atoms with E-state index in [0.29, 0.717) is 25.4 Å². The van der Waals surface area contributed by atoms with Crippen LogP contribution in [0.1, 0.15) is 71.0 Å². The van der Waals surface area contributed by atoms with Gasteiger partial charge in [-0.25, -0.2) is 9.37 Å². The Balaban J connectivity index is 1.49. The summed E-state index contributed by atoms with van der Waals surface area (Å²) in [6.45, 7) is 2.98. The molecule has 1 saturated heterocycles. The number of nitrogens with one attached hydrogen (secondary N) is 1. The summed E-state index contributed by atoms with van der Waals surface area (Å²) in [7, 11) is 0. The Morgan fingerprint density at radius 3 is 2.93 bits per heavy atom. The number of H-pyrrole nitrogens is 1. The number of rotatable bonds is 2. The van der Waals surface area contributed by atoms with Crippen LogP contribution in [0.5, 0.6) is 0 Å². The summed E-state index contributed by atoms with van der Waals surface area (Å²) in [4.78, 5) is 35.3. The summed E-state index contributed by atoms with van der Waals surface area (Å²) in [6.07, 6.45) is 5.43. The van der Waals surface area contributed by atoms with Gasteiger partial charge in [0.05, 0.1) is 11.3 Å². The molecule has 1 amide bonds. The average Bonchev–Trinajstić information content (AvgIpc) is 3.48. The van der Waals surface area contributed by atoms with Gasteiger partial charge in [0.25, 0.3) is 11.5 Å². The van der Waals surface area contributed by atoms with Gasteiger partial charge in [-0.2, -0.15) is 0 Å². The predicted octanol–water partition coefficient (Wildman–Crippen LogP) is 3.22. The first-order valence-electron chi connectivity index (χ1n) is 10.2. The molecule has 1 aromatic heterocycles. The zero-order valence-electron chi connectivity index (χ0n) is 16.1. The molecule has 1 saturated carbocycles. The molecule has 6 heteroatoms. The van der Waals surface area contributed by atoms with Crippen LogP contribution in [0.15, 0.2) is 23.0 Å². The summed E-state index contributed by atoms with van der Waals surface area (Å²) in [5, 5.41) is 0. The van der Waals surface area contributed by atoms with Crippen molar-refractivity contribution in [2.24, 2.45) is 0 Å². The van der Waals surface area contributed by atoms with Crippen molar-refractivity contribution in [1.82, 2.24) is 14.9 Å². The van der Waals surface area contributed by atoms with Crippen LogP contribution in [-0.4, -0.2) is 33.9 Å². The van der Waals surface area contributed by atoms with E-state index in [9.17, 15) is 14.0 Å². The molecule has 1 atom stereocenters. The van der Waals surface area contributed by atoms with E-state index in [1.807, 2.05) is 6.92 Å². The number of hydrogen-bond acceptors (Lipinski definition) is 3. The minimum atomic E-state index is -0.479. The largest absolute Gasteiger partial charge is 0.338 e. The summed E-state index contributed by atoms with van der Waals surface area (Å²) in [5.74, 6) is 0.435. The van der Waals surface area contributed by atoms with Crippen molar-refractivity contribution < 1.29 is 9.18 Å². The highest BCUT2D eigenvalue weighted by Crippen LogP contribution is 2.45. The molecule has 1 aliphatic heterocycles. The third-order valence-corrected chi connectivity index (χ3v) is 6.57. The summed E-state index contributed by atoms with van der Waals surface area (Å²) < 4.78 is 14.3. The van der Waals surface area contributed by atoms with E-state index >= 15 is 0 Å². The lowest BCUT2D eigenvalue weighted by Crippen LogP contribution is -2.48. The number of aryl methyl sites for hydroxylation is 1. The second kappa shape index (κ2) is 6.26. The zero-order valence-corrected chi connectivity index (χ0v) is 16.1. The number of hydrogen-bond donors (Lipinski definition) is 1. The molecule has 5 nitrogen and oxygen atoms in total. The third kappa shape index (κ3) is 2.77. The molecule has 1 unspecified atom stereocenters. The van der Waals surface area contributed by atoms with Gasteiger partial charge in [0, 0.05) is 30.0 Å². The van der Waals surface area contributed by atoms with E-state index in [1.165, 1.54) is 6.07 Å². The van der Waals surface area contributed by atoms with Crippen molar-refractivity contribution >= 4 is 5.91 Å². The van der Waals surface area contributed by atoms with Gasteiger partial charge in [-0.1, -0.05) is 11.6 Å². The van der Waals surface area contributed by atoms with E-state index in [2.05, 4.69) is 4.98 Å². The fourth-order valence-corrected chi connectivity index (χ4v) is 4.89. The first-order chi connectivity index (χ1) is 13.5. The lowest BCUT2D eigenvalue weighted by atomic mass is 9.77. The zero-order chi connectivity index (χ0) is 19.5. The van der Waals surface area contributed by atoms with E-state index in [1.54, 1.807) is 17.0 Å². The Kier molecular flexibility index (Phi) is 3.93. The summed E-state index contributed by atoms with van der Waals surface area (Å²) >= 11 is 0. The van der Waals surface area contributed by atoms with Gasteiger partial charge in [0.15, 0.2) is 0 Å². The Bertz CT molecular complexity index is 1030. The highest BCUT2D eigenvalue weighted by atomic mass is 19.1. The van der Waals surface area contributed by atoms with Crippen molar-refractivity contribution in [3.05, 3.63) is 62.6 Å². The van der Waals surface area contributed by atoms with Crippen molar-refractivity contribution in [1.29, 1.82) is 0 Å². The molecule has 1 aromatic carbocycles. The SMILES string of the molecule is Cc1ccc(F)c(C(=O)N2CCCC3(CCc4c3nc(C3CC3)[nH]c4=O)C2)c1. The molecule has 0 bridgehead atoms. The minimum Gasteiger partial charge on any atom is -0.338 e. The summed E-state index contributed by atoms with van der Waals surface area (Å²) in [6, 6.07) is 4.65. The molecule has 1 spiro atoms. The highest BCUT2D eigenvalue weighted by Gasteiger charge is 2.46. The number of aromatic nitrogens is 2. The number of aromatic amines is 1. The van der Waals surface area contributed by atoms with Crippen molar-refractivity contribution in [2.75, 3.05) is 13.1 Å². The number of amides is 1. The van der Waals surface area contributed by atoms with E-state index < -0.39 is 5.82 Å². The predicted molar refractivity (Wildman–Crippen MR) is 103 cm³/mol. The van der Waals surface area contributed by atoms with Gasteiger partial charge >= 0.3 is 0 Å². The molecule has 0 radical (unpaired) electrons. The first kappa shape index (κ1) is 17.6. The number of piperidine rings is 1. The molecule has 2 heterocycles. The molecule has 146 valence electrons. The Labute approximate surface area is 163 Å². The lowest BCUT2D eigenvalue weighted by Gasteiger charge is -2.40. The fourth-order valence-electron chi connectivity index (χ4n) is 4.89. The maximum absolute atomic E-state index is 14.3. The smallest absolute Gasteiger partial charge is 0.256 e. The van der Waals surface area contributed by atoms with Crippen LogP contribution in [-0.2, 0) is 11.8 Å². The van der Waals surface area contributed by atoms with Crippen molar-refractivity contribution in [2.45, 2.75) is 56.8 Å². The highest BCUT2D eigenvalue weighted by molar-refractivity contribution is 5.94. The number of nitrogens with zero attached hydrogens (tertiary/aromatic N) is 2. The number of likely N-dealkylation sites (tertiary alicyclic amines) is 1. The molecule has 1 N–H and O–H groups in total. The molecule has 3 aliphatic rings. The lowest BCUT2D eigenvalue weighted by molar-refractivity contribution is 0.0628. The maximum Gasteiger partial charge on any atom is 0.256 e. The van der Waals surface area contributed by atoms with Crippen molar-refractivity contribution in [3.63, 3.8) is 0 Å². The fraction of sp³-hybridized carbons (Fsp3) is 0.500. The topological polar surface area (TPSA) is 66.1 Å². The Hall–Kier alpha value is -2.50. The molecule has 5 rings (SSSR count). The number of benzene rings is 1. The van der Waals surface area contributed by atoms with Crippen LogP contribution in [0.2, 0.25) is 0 Å². The quantitative estimate of drug-likeness (QED) is 0.869.